The van der Waals surface area contributed by atoms with Gasteiger partial charge >= 0.3 is 365 Å². The molecule has 8 aromatic carbocycles. The summed E-state index contributed by atoms with van der Waals surface area (Å²) in [6, 6.07) is 92.4. The van der Waals surface area contributed by atoms with Crippen molar-refractivity contribution in [1.82, 2.24) is 0 Å². The molecule has 0 bridgehead atoms. The van der Waals surface area contributed by atoms with Crippen LogP contribution in [0, 0.1) is 0 Å². The van der Waals surface area contributed by atoms with E-state index in [1.165, 1.54) is 42.4 Å². The van der Waals surface area contributed by atoms with Crippen molar-refractivity contribution in [3.63, 3.8) is 0 Å². The maximum atomic E-state index is 4.19. The first-order valence-corrected chi connectivity index (χ1v) is 30.8. The summed E-state index contributed by atoms with van der Waals surface area (Å²) in [7, 11) is -1.69. The fraction of sp³-hybridized carbons (Fsp3) is 0.0769. The fourth-order valence-corrected chi connectivity index (χ4v) is 35.2. The van der Waals surface area contributed by atoms with Crippen molar-refractivity contribution in [2.75, 3.05) is 0 Å². The van der Waals surface area contributed by atoms with Crippen LogP contribution in [0.4, 0.5) is 0 Å². The Morgan fingerprint density at radius 1 is 0.259 bits per heavy atom. The molecular weight excluding hydrogens is 906 g/mol. The zero-order valence-corrected chi connectivity index (χ0v) is 39.0. The van der Waals surface area contributed by atoms with Gasteiger partial charge in [-0.3, -0.25) is 0 Å². The molecule has 0 amide bonds. The van der Waals surface area contributed by atoms with Gasteiger partial charge in [-0.1, -0.05) is 0 Å². The third-order valence-corrected chi connectivity index (χ3v) is 34.0. The summed E-state index contributed by atoms with van der Waals surface area (Å²) in [6.07, 6.45) is 0. The summed E-state index contributed by atoms with van der Waals surface area (Å²) in [4.78, 5) is 0. The maximum absolute atomic E-state index is 4.19. The number of hydrogen-bond acceptors (Lipinski definition) is 0. The minimum absolute atomic E-state index is 0.307. The van der Waals surface area contributed by atoms with E-state index in [-0.39, 0.29) is 0 Å². The predicted molar refractivity (Wildman–Crippen MR) is 263 cm³/mol. The molecule has 9 rings (SSSR count). The van der Waals surface area contributed by atoms with E-state index in [0.717, 1.165) is 0 Å². The van der Waals surface area contributed by atoms with Gasteiger partial charge in [-0.15, -0.1) is 0 Å². The Bertz CT molecular complexity index is 2280. The van der Waals surface area contributed by atoms with E-state index >= 15 is 0 Å². The van der Waals surface area contributed by atoms with Crippen LogP contribution in [0.25, 0.3) is 0 Å². The monoisotopic (exact) mass is 952 g/mol. The van der Waals surface area contributed by atoms with Crippen LogP contribution >= 0.6 is 26.9 Å². The SMILES string of the molecule is [Se]=P(c1ccccc1)(c1ccccc1)C1C(P(c2ccccc2)c2ccccc2)C(P(c2ccccc2)c2ccccc2)C1P(=[Se])(c1ccccc1)c1ccccc1. The molecule has 0 radical (unpaired) electrons. The Morgan fingerprint density at radius 3 is 0.621 bits per heavy atom. The molecule has 4 atom stereocenters. The molecule has 0 N–H and O–H groups in total. The van der Waals surface area contributed by atoms with Crippen LogP contribution < -0.4 is 42.4 Å². The van der Waals surface area contributed by atoms with E-state index in [1.54, 1.807) is 0 Å². The average molecular weight is 951 g/mol. The Labute approximate surface area is 362 Å². The van der Waals surface area contributed by atoms with E-state index in [1.807, 2.05) is 0 Å². The molecule has 1 saturated carbocycles. The first-order chi connectivity index (χ1) is 28.6. The van der Waals surface area contributed by atoms with Crippen molar-refractivity contribution in [3.05, 3.63) is 243 Å². The molecule has 1 aliphatic carbocycles. The predicted octanol–water partition coefficient (Wildman–Crippen LogP) is 9.24. The van der Waals surface area contributed by atoms with Crippen LogP contribution in [-0.4, -0.2) is 52.8 Å². The molecule has 8 aromatic rings. The van der Waals surface area contributed by atoms with Crippen molar-refractivity contribution in [2.45, 2.75) is 22.6 Å². The molecule has 0 aromatic heterocycles. The van der Waals surface area contributed by atoms with Crippen molar-refractivity contribution in [3.8, 4) is 0 Å². The molecule has 1 aliphatic rings. The number of rotatable bonds is 12. The van der Waals surface area contributed by atoms with Gasteiger partial charge in [0.2, 0.25) is 0 Å². The van der Waals surface area contributed by atoms with Gasteiger partial charge in [0.1, 0.15) is 0 Å². The molecule has 0 nitrogen and oxygen atoms in total. The summed E-state index contributed by atoms with van der Waals surface area (Å²) < 4.78 is 0. The Balaban J connectivity index is 1.44. The van der Waals surface area contributed by atoms with Gasteiger partial charge in [-0.05, 0) is 0 Å². The van der Waals surface area contributed by atoms with Crippen LogP contribution in [0.3, 0.4) is 0 Å². The average Bonchev–Trinajstić information content (AvgIpc) is 3.31. The first kappa shape index (κ1) is 40.0. The van der Waals surface area contributed by atoms with Crippen molar-refractivity contribution in [2.24, 2.45) is 0 Å². The van der Waals surface area contributed by atoms with Crippen LogP contribution in [0.1, 0.15) is 0 Å². The number of benzene rings is 8. The van der Waals surface area contributed by atoms with Crippen LogP contribution in [-0.2, 0) is 0 Å². The molecule has 58 heavy (non-hydrogen) atoms. The summed E-state index contributed by atoms with van der Waals surface area (Å²) in [5.41, 5.74) is -3.25. The summed E-state index contributed by atoms with van der Waals surface area (Å²) in [6.45, 7) is 0. The van der Waals surface area contributed by atoms with Crippen molar-refractivity contribution >= 4 is 99.5 Å². The van der Waals surface area contributed by atoms with E-state index in [0.29, 0.717) is 22.6 Å². The molecule has 0 heterocycles. The summed E-state index contributed by atoms with van der Waals surface area (Å²) in [5.74, 6) is 0. The van der Waals surface area contributed by atoms with Gasteiger partial charge in [0.05, 0.1) is 0 Å². The molecule has 0 saturated heterocycles. The molecule has 0 spiro atoms. The van der Waals surface area contributed by atoms with Gasteiger partial charge in [-0.2, -0.15) is 0 Å². The normalized spacial score (nSPS) is 18.1. The van der Waals surface area contributed by atoms with Gasteiger partial charge in [0, 0.05) is 0 Å². The van der Waals surface area contributed by atoms with E-state index < -0.39 is 26.9 Å². The summed E-state index contributed by atoms with van der Waals surface area (Å²) >= 11 is 8.38. The topological polar surface area (TPSA) is 0 Å². The van der Waals surface area contributed by atoms with Crippen LogP contribution in [0.15, 0.2) is 243 Å². The second-order valence-corrected chi connectivity index (χ2v) is 32.6. The van der Waals surface area contributed by atoms with Crippen LogP contribution in [0.5, 0.6) is 0 Å². The van der Waals surface area contributed by atoms with E-state index in [2.05, 4.69) is 273 Å². The summed E-state index contributed by atoms with van der Waals surface area (Å²) in [5, 5.41) is 11.6. The second kappa shape index (κ2) is 18.0. The van der Waals surface area contributed by atoms with Gasteiger partial charge in [0.25, 0.3) is 0 Å². The van der Waals surface area contributed by atoms with Crippen molar-refractivity contribution in [1.29, 1.82) is 0 Å². The molecule has 4 unspecified atom stereocenters. The second-order valence-electron chi connectivity index (χ2n) is 14.7. The fourth-order valence-electron chi connectivity index (χ4n) is 9.06. The molecular formula is C52H44P4Se2. The Morgan fingerprint density at radius 2 is 0.431 bits per heavy atom. The van der Waals surface area contributed by atoms with E-state index in [4.69, 9.17) is 0 Å². The van der Waals surface area contributed by atoms with E-state index in [9.17, 15) is 0 Å². The Kier molecular flexibility index (Phi) is 12.4. The standard InChI is InChI=1S/C52H44P4Se2/c57-55(45-33-17-5-18-34-45,46-35-19-6-20-36-46)51-49(53(41-25-9-1-10-26-41)42-27-11-2-12-28-42)50(54(43-29-13-3-14-30-43)44-31-15-4-16-32-44)52(51)56(58,47-37-21-7-22-38-47)48-39-23-8-24-40-48/h1-40,49-52H. The van der Waals surface area contributed by atoms with Gasteiger partial charge in [-0.25, -0.2) is 0 Å². The first-order valence-electron chi connectivity index (χ1n) is 19.8. The third kappa shape index (κ3) is 7.48. The van der Waals surface area contributed by atoms with Gasteiger partial charge < -0.3 is 0 Å². The quantitative estimate of drug-likeness (QED) is 0.0848. The number of hydrogen-bond donors (Lipinski definition) is 0. The van der Waals surface area contributed by atoms with Crippen LogP contribution in [0.2, 0.25) is 0 Å². The molecule has 6 heteroatoms. The zero-order valence-electron chi connectivity index (χ0n) is 32.0. The van der Waals surface area contributed by atoms with Gasteiger partial charge in [0.15, 0.2) is 0 Å². The van der Waals surface area contributed by atoms with Crippen molar-refractivity contribution < 1.29 is 0 Å². The minimum atomic E-state index is -2.27. The zero-order chi connectivity index (χ0) is 39.4. The molecule has 0 aliphatic heterocycles. The Hall–Kier alpha value is -3.48. The third-order valence-electron chi connectivity index (χ3n) is 11.5. The molecule has 284 valence electrons. The molecule has 1 fully saturated rings.